The van der Waals surface area contributed by atoms with Gasteiger partial charge in [0.25, 0.3) is 0 Å². The summed E-state index contributed by atoms with van der Waals surface area (Å²) >= 11 is 6.07. The summed E-state index contributed by atoms with van der Waals surface area (Å²) in [6.07, 6.45) is 1.25. The number of anilines is 1. The Kier molecular flexibility index (Phi) is 4.63. The second kappa shape index (κ2) is 5.93. The number of alkyl halides is 1. The van der Waals surface area contributed by atoms with Gasteiger partial charge < -0.3 is 4.90 Å². The zero-order chi connectivity index (χ0) is 14.9. The van der Waals surface area contributed by atoms with E-state index in [4.69, 9.17) is 16.6 Å². The van der Waals surface area contributed by atoms with Gasteiger partial charge in [-0.1, -0.05) is 34.6 Å². The highest BCUT2D eigenvalue weighted by Gasteiger charge is 2.25. The maximum absolute atomic E-state index is 6.07. The molecule has 2 rings (SSSR count). The molecule has 0 spiro atoms. The molecule has 0 aromatic carbocycles. The predicted octanol–water partition coefficient (Wildman–Crippen LogP) is 4.60. The van der Waals surface area contributed by atoms with Crippen LogP contribution in [-0.4, -0.2) is 18.1 Å². The topological polar surface area (TPSA) is 16.1 Å². The minimum absolute atomic E-state index is 0.0610. The Balaban J connectivity index is 2.31. The van der Waals surface area contributed by atoms with Gasteiger partial charge in [-0.3, -0.25) is 0 Å². The fourth-order valence-corrected chi connectivity index (χ4v) is 2.82. The molecule has 2 atom stereocenters. The molecule has 0 amide bonds. The van der Waals surface area contributed by atoms with Crippen LogP contribution >= 0.6 is 11.6 Å². The van der Waals surface area contributed by atoms with Crippen LogP contribution in [0.2, 0.25) is 0 Å². The maximum Gasteiger partial charge on any atom is 0.129 e. The molecule has 3 heteroatoms. The monoisotopic (exact) mass is 294 g/mol. The number of piperidine rings is 1. The van der Waals surface area contributed by atoms with Crippen molar-refractivity contribution in [2.75, 3.05) is 18.0 Å². The van der Waals surface area contributed by atoms with Gasteiger partial charge in [0.05, 0.1) is 0 Å². The number of aromatic nitrogens is 1. The molecule has 0 saturated carbocycles. The van der Waals surface area contributed by atoms with E-state index in [0.717, 1.165) is 36.4 Å². The highest BCUT2D eigenvalue weighted by atomic mass is 35.5. The molecular weight excluding hydrogens is 268 g/mol. The van der Waals surface area contributed by atoms with Crippen LogP contribution in [0, 0.1) is 11.8 Å². The maximum atomic E-state index is 6.07. The molecule has 1 aliphatic heterocycles. The van der Waals surface area contributed by atoms with Crippen LogP contribution in [0.1, 0.15) is 52.3 Å². The molecule has 2 heterocycles. The first-order valence-corrected chi connectivity index (χ1v) is 8.17. The van der Waals surface area contributed by atoms with Crippen LogP contribution < -0.4 is 4.90 Å². The Hall–Kier alpha value is -0.760. The van der Waals surface area contributed by atoms with Gasteiger partial charge >= 0.3 is 0 Å². The third kappa shape index (κ3) is 3.46. The number of rotatable bonds is 2. The first-order valence-electron chi connectivity index (χ1n) is 7.63. The van der Waals surface area contributed by atoms with Crippen molar-refractivity contribution in [3.63, 3.8) is 0 Å². The molecule has 2 nitrogen and oxygen atoms in total. The number of nitrogens with zero attached hydrogens (tertiary/aromatic N) is 2. The number of hydrogen-bond donors (Lipinski definition) is 0. The SMILES string of the molecule is CC1CCN(c2cc(CCl)cc(C(C)(C)C)n2)CC1C. The summed E-state index contributed by atoms with van der Waals surface area (Å²) < 4.78 is 0. The van der Waals surface area contributed by atoms with Crippen LogP contribution in [0.5, 0.6) is 0 Å². The van der Waals surface area contributed by atoms with Crippen molar-refractivity contribution in [2.24, 2.45) is 11.8 Å². The number of hydrogen-bond acceptors (Lipinski definition) is 2. The lowest BCUT2D eigenvalue weighted by molar-refractivity contribution is 0.322. The number of pyridine rings is 1. The second-order valence-electron chi connectivity index (χ2n) is 7.29. The molecule has 1 aromatic rings. The summed E-state index contributed by atoms with van der Waals surface area (Å²) in [4.78, 5) is 7.33. The van der Waals surface area contributed by atoms with E-state index in [1.54, 1.807) is 0 Å². The van der Waals surface area contributed by atoms with Gasteiger partial charge in [-0.25, -0.2) is 4.98 Å². The lowest BCUT2D eigenvalue weighted by atomic mass is 9.88. The minimum atomic E-state index is 0.0610. The quantitative estimate of drug-likeness (QED) is 0.741. The lowest BCUT2D eigenvalue weighted by Gasteiger charge is -2.36. The van der Waals surface area contributed by atoms with E-state index in [1.165, 1.54) is 12.0 Å². The highest BCUT2D eigenvalue weighted by molar-refractivity contribution is 6.17. The first-order chi connectivity index (χ1) is 9.31. The molecular formula is C17H27ClN2. The van der Waals surface area contributed by atoms with Crippen LogP contribution in [0.3, 0.4) is 0 Å². The smallest absolute Gasteiger partial charge is 0.129 e. The molecule has 0 aliphatic carbocycles. The van der Waals surface area contributed by atoms with E-state index in [2.05, 4.69) is 51.7 Å². The van der Waals surface area contributed by atoms with Gasteiger partial charge in [0.15, 0.2) is 0 Å². The third-order valence-corrected chi connectivity index (χ3v) is 4.76. The molecule has 0 radical (unpaired) electrons. The summed E-state index contributed by atoms with van der Waals surface area (Å²) in [6.45, 7) is 13.5. The Morgan fingerprint density at radius 1 is 1.25 bits per heavy atom. The van der Waals surface area contributed by atoms with Crippen molar-refractivity contribution in [1.82, 2.24) is 4.98 Å². The Bertz CT molecular complexity index is 465. The van der Waals surface area contributed by atoms with Crippen molar-refractivity contribution in [3.8, 4) is 0 Å². The summed E-state index contributed by atoms with van der Waals surface area (Å²) in [5.41, 5.74) is 2.37. The Morgan fingerprint density at radius 2 is 1.95 bits per heavy atom. The summed E-state index contributed by atoms with van der Waals surface area (Å²) in [7, 11) is 0. The molecule has 1 fully saturated rings. The molecule has 112 valence electrons. The largest absolute Gasteiger partial charge is 0.356 e. The van der Waals surface area contributed by atoms with E-state index in [0.29, 0.717) is 5.88 Å². The average molecular weight is 295 g/mol. The highest BCUT2D eigenvalue weighted by Crippen LogP contribution is 2.29. The van der Waals surface area contributed by atoms with Crippen LogP contribution in [0.25, 0.3) is 0 Å². The Morgan fingerprint density at radius 3 is 2.50 bits per heavy atom. The van der Waals surface area contributed by atoms with Gasteiger partial charge in [-0.15, -0.1) is 11.6 Å². The zero-order valence-electron chi connectivity index (χ0n) is 13.4. The standard InChI is InChI=1S/C17H27ClN2/c1-12-6-7-20(11-13(12)2)16-9-14(10-18)8-15(19-16)17(3,4)5/h8-9,12-13H,6-7,10-11H2,1-5H3. The zero-order valence-corrected chi connectivity index (χ0v) is 14.2. The summed E-state index contributed by atoms with van der Waals surface area (Å²) in [5.74, 6) is 3.19. The van der Waals surface area contributed by atoms with E-state index in [1.807, 2.05) is 0 Å². The molecule has 0 bridgehead atoms. The Labute approximate surface area is 128 Å². The van der Waals surface area contributed by atoms with E-state index in [-0.39, 0.29) is 5.41 Å². The van der Waals surface area contributed by atoms with Gasteiger partial charge in [-0.05, 0) is 36.0 Å². The van der Waals surface area contributed by atoms with E-state index in [9.17, 15) is 0 Å². The van der Waals surface area contributed by atoms with Gasteiger partial charge in [0.2, 0.25) is 0 Å². The normalized spacial score (nSPS) is 24.0. The predicted molar refractivity (Wildman–Crippen MR) is 87.7 cm³/mol. The van der Waals surface area contributed by atoms with Gasteiger partial charge in [-0.2, -0.15) is 0 Å². The molecule has 1 saturated heterocycles. The fourth-order valence-electron chi connectivity index (χ4n) is 2.67. The molecule has 0 N–H and O–H groups in total. The van der Waals surface area contributed by atoms with Crippen LogP contribution in [0.15, 0.2) is 12.1 Å². The van der Waals surface area contributed by atoms with Crippen LogP contribution in [0.4, 0.5) is 5.82 Å². The van der Waals surface area contributed by atoms with Gasteiger partial charge in [0, 0.05) is 30.1 Å². The van der Waals surface area contributed by atoms with Crippen LogP contribution in [-0.2, 0) is 11.3 Å². The third-order valence-electron chi connectivity index (χ3n) is 4.45. The van der Waals surface area contributed by atoms with E-state index >= 15 is 0 Å². The van der Waals surface area contributed by atoms with Crippen molar-refractivity contribution in [3.05, 3.63) is 23.4 Å². The average Bonchev–Trinajstić information content (AvgIpc) is 2.40. The summed E-state index contributed by atoms with van der Waals surface area (Å²) in [6, 6.07) is 4.30. The molecule has 20 heavy (non-hydrogen) atoms. The van der Waals surface area contributed by atoms with Crippen molar-refractivity contribution >= 4 is 17.4 Å². The van der Waals surface area contributed by atoms with Crippen molar-refractivity contribution in [2.45, 2.75) is 52.3 Å². The molecule has 1 aliphatic rings. The first kappa shape index (κ1) is 15.6. The lowest BCUT2D eigenvalue weighted by Crippen LogP contribution is -2.39. The second-order valence-corrected chi connectivity index (χ2v) is 7.56. The van der Waals surface area contributed by atoms with Crippen molar-refractivity contribution < 1.29 is 0 Å². The fraction of sp³-hybridized carbons (Fsp3) is 0.706. The number of halogens is 1. The summed E-state index contributed by atoms with van der Waals surface area (Å²) in [5, 5.41) is 0. The molecule has 1 aromatic heterocycles. The van der Waals surface area contributed by atoms with Crippen molar-refractivity contribution in [1.29, 1.82) is 0 Å². The van der Waals surface area contributed by atoms with Gasteiger partial charge in [0.1, 0.15) is 5.82 Å². The minimum Gasteiger partial charge on any atom is -0.356 e. The van der Waals surface area contributed by atoms with E-state index < -0.39 is 0 Å². The molecule has 2 unspecified atom stereocenters.